The van der Waals surface area contributed by atoms with E-state index in [0.717, 1.165) is 13.1 Å². The lowest BCUT2D eigenvalue weighted by molar-refractivity contribution is -0.136. The third-order valence-corrected chi connectivity index (χ3v) is 2.94. The van der Waals surface area contributed by atoms with Crippen molar-refractivity contribution in [3.05, 3.63) is 29.8 Å². The smallest absolute Gasteiger partial charge is 0.321 e. The van der Waals surface area contributed by atoms with E-state index in [1.807, 2.05) is 0 Å². The van der Waals surface area contributed by atoms with Gasteiger partial charge in [0.15, 0.2) is 0 Å². The van der Waals surface area contributed by atoms with E-state index in [2.05, 4.69) is 10.6 Å². The fourth-order valence-corrected chi connectivity index (χ4v) is 2.00. The highest BCUT2D eigenvalue weighted by Crippen LogP contribution is 2.12. The van der Waals surface area contributed by atoms with E-state index < -0.39 is 5.97 Å². The number of anilines is 1. The predicted octanol–water partition coefficient (Wildman–Crippen LogP) is 0.751. The Bertz CT molecular complexity index is 470. The minimum absolute atomic E-state index is 0.0443. The van der Waals surface area contributed by atoms with E-state index in [1.54, 1.807) is 29.2 Å². The first-order valence-corrected chi connectivity index (χ1v) is 6.22. The molecule has 0 atom stereocenters. The van der Waals surface area contributed by atoms with Gasteiger partial charge in [-0.15, -0.1) is 0 Å². The first kappa shape index (κ1) is 13.4. The number of benzene rings is 1. The second-order valence-electron chi connectivity index (χ2n) is 4.44. The molecular weight excluding hydrogens is 246 g/mol. The Kier molecular flexibility index (Phi) is 4.35. The Morgan fingerprint density at radius 3 is 2.74 bits per heavy atom. The van der Waals surface area contributed by atoms with Gasteiger partial charge in [-0.3, -0.25) is 4.79 Å². The van der Waals surface area contributed by atoms with Crippen LogP contribution >= 0.6 is 0 Å². The van der Waals surface area contributed by atoms with Gasteiger partial charge < -0.3 is 20.6 Å². The first-order chi connectivity index (χ1) is 9.15. The predicted molar refractivity (Wildman–Crippen MR) is 71.2 cm³/mol. The molecule has 0 saturated carbocycles. The quantitative estimate of drug-likeness (QED) is 0.751. The zero-order valence-corrected chi connectivity index (χ0v) is 10.6. The maximum atomic E-state index is 12.0. The summed E-state index contributed by atoms with van der Waals surface area (Å²) in [5, 5.41) is 14.7. The second kappa shape index (κ2) is 6.19. The molecule has 19 heavy (non-hydrogen) atoms. The van der Waals surface area contributed by atoms with Crippen LogP contribution in [0.2, 0.25) is 0 Å². The molecule has 1 saturated heterocycles. The van der Waals surface area contributed by atoms with E-state index >= 15 is 0 Å². The molecule has 1 heterocycles. The molecule has 1 aromatic carbocycles. The molecule has 102 valence electrons. The van der Waals surface area contributed by atoms with Crippen LogP contribution in [0.5, 0.6) is 0 Å². The third-order valence-electron chi connectivity index (χ3n) is 2.94. The van der Waals surface area contributed by atoms with Crippen molar-refractivity contribution >= 4 is 17.7 Å². The molecule has 0 unspecified atom stereocenters. The molecule has 1 aliphatic rings. The Balaban J connectivity index is 1.97. The zero-order chi connectivity index (χ0) is 13.7. The lowest BCUT2D eigenvalue weighted by atomic mass is 10.1. The SMILES string of the molecule is O=C(O)Cc1cccc(NC(=O)N2CCNCC2)c1. The number of nitrogens with one attached hydrogen (secondary N) is 2. The molecule has 1 aromatic rings. The number of hydrogen-bond acceptors (Lipinski definition) is 3. The normalized spacial score (nSPS) is 15.1. The largest absolute Gasteiger partial charge is 0.481 e. The van der Waals surface area contributed by atoms with Crippen molar-refractivity contribution in [1.29, 1.82) is 0 Å². The van der Waals surface area contributed by atoms with Crippen molar-refractivity contribution in [3.63, 3.8) is 0 Å². The maximum absolute atomic E-state index is 12.0. The molecule has 0 aromatic heterocycles. The summed E-state index contributed by atoms with van der Waals surface area (Å²) in [6.07, 6.45) is -0.0443. The number of aliphatic carboxylic acids is 1. The monoisotopic (exact) mass is 263 g/mol. The van der Waals surface area contributed by atoms with Crippen molar-refractivity contribution in [2.45, 2.75) is 6.42 Å². The van der Waals surface area contributed by atoms with E-state index in [0.29, 0.717) is 24.3 Å². The van der Waals surface area contributed by atoms with Crippen LogP contribution in [0.15, 0.2) is 24.3 Å². The van der Waals surface area contributed by atoms with Crippen molar-refractivity contribution in [2.24, 2.45) is 0 Å². The highest BCUT2D eigenvalue weighted by atomic mass is 16.4. The molecule has 0 bridgehead atoms. The standard InChI is InChI=1S/C13H17N3O3/c17-12(18)9-10-2-1-3-11(8-10)15-13(19)16-6-4-14-5-7-16/h1-3,8,14H,4-7,9H2,(H,15,19)(H,17,18). The van der Waals surface area contributed by atoms with Gasteiger partial charge in [-0.25, -0.2) is 4.79 Å². The van der Waals surface area contributed by atoms with Gasteiger partial charge in [0.05, 0.1) is 6.42 Å². The number of amides is 2. The third kappa shape index (κ3) is 3.96. The first-order valence-electron chi connectivity index (χ1n) is 6.22. The topological polar surface area (TPSA) is 81.7 Å². The van der Waals surface area contributed by atoms with Crippen molar-refractivity contribution in [2.75, 3.05) is 31.5 Å². The Labute approximate surface area is 111 Å². The maximum Gasteiger partial charge on any atom is 0.321 e. The van der Waals surface area contributed by atoms with Crippen LogP contribution in [0.3, 0.4) is 0 Å². The van der Waals surface area contributed by atoms with Crippen molar-refractivity contribution in [1.82, 2.24) is 10.2 Å². The van der Waals surface area contributed by atoms with Crippen LogP contribution in [0.1, 0.15) is 5.56 Å². The number of carbonyl (C=O) groups is 2. The lowest BCUT2D eigenvalue weighted by Gasteiger charge is -2.27. The number of carboxylic acids is 1. The fraction of sp³-hybridized carbons (Fsp3) is 0.385. The minimum Gasteiger partial charge on any atom is -0.481 e. The Morgan fingerprint density at radius 2 is 2.05 bits per heavy atom. The summed E-state index contributed by atoms with van der Waals surface area (Å²) >= 11 is 0. The number of carbonyl (C=O) groups excluding carboxylic acids is 1. The Morgan fingerprint density at radius 1 is 1.32 bits per heavy atom. The van der Waals surface area contributed by atoms with E-state index in [1.165, 1.54) is 0 Å². The molecule has 3 N–H and O–H groups in total. The second-order valence-corrected chi connectivity index (χ2v) is 4.44. The number of hydrogen-bond donors (Lipinski definition) is 3. The summed E-state index contributed by atoms with van der Waals surface area (Å²) in [5.74, 6) is -0.884. The van der Waals surface area contributed by atoms with Gasteiger partial charge in [0, 0.05) is 31.9 Å². The number of urea groups is 1. The Hall–Kier alpha value is -2.08. The van der Waals surface area contributed by atoms with Crippen LogP contribution in [-0.2, 0) is 11.2 Å². The van der Waals surface area contributed by atoms with Gasteiger partial charge in [0.2, 0.25) is 0 Å². The summed E-state index contributed by atoms with van der Waals surface area (Å²) in [5.41, 5.74) is 1.30. The summed E-state index contributed by atoms with van der Waals surface area (Å²) in [6, 6.07) is 6.77. The number of carboxylic acid groups (broad SMARTS) is 1. The van der Waals surface area contributed by atoms with Gasteiger partial charge in [-0.1, -0.05) is 12.1 Å². The van der Waals surface area contributed by atoms with Gasteiger partial charge in [0.25, 0.3) is 0 Å². The fourth-order valence-electron chi connectivity index (χ4n) is 2.00. The summed E-state index contributed by atoms with van der Waals surface area (Å²) < 4.78 is 0. The highest BCUT2D eigenvalue weighted by Gasteiger charge is 2.16. The average Bonchev–Trinajstić information content (AvgIpc) is 2.39. The number of rotatable bonds is 3. The van der Waals surface area contributed by atoms with E-state index in [9.17, 15) is 9.59 Å². The molecule has 0 spiro atoms. The summed E-state index contributed by atoms with van der Waals surface area (Å²) in [7, 11) is 0. The van der Waals surface area contributed by atoms with Crippen molar-refractivity contribution in [3.8, 4) is 0 Å². The van der Waals surface area contributed by atoms with Crippen LogP contribution in [-0.4, -0.2) is 48.2 Å². The molecule has 2 rings (SSSR count). The molecule has 2 amide bonds. The van der Waals surface area contributed by atoms with Crippen LogP contribution in [0.4, 0.5) is 10.5 Å². The molecule has 0 radical (unpaired) electrons. The summed E-state index contributed by atoms with van der Waals surface area (Å²) in [4.78, 5) is 24.4. The van der Waals surface area contributed by atoms with Crippen LogP contribution in [0, 0.1) is 0 Å². The number of nitrogens with zero attached hydrogens (tertiary/aromatic N) is 1. The van der Waals surface area contributed by atoms with Gasteiger partial charge in [-0.05, 0) is 17.7 Å². The van der Waals surface area contributed by atoms with E-state index in [-0.39, 0.29) is 12.5 Å². The van der Waals surface area contributed by atoms with Gasteiger partial charge in [-0.2, -0.15) is 0 Å². The van der Waals surface area contributed by atoms with Gasteiger partial charge in [0.1, 0.15) is 0 Å². The van der Waals surface area contributed by atoms with Crippen LogP contribution < -0.4 is 10.6 Å². The van der Waals surface area contributed by atoms with Crippen molar-refractivity contribution < 1.29 is 14.7 Å². The molecule has 1 aliphatic heterocycles. The molecule has 1 fully saturated rings. The average molecular weight is 263 g/mol. The van der Waals surface area contributed by atoms with Crippen LogP contribution in [0.25, 0.3) is 0 Å². The molecular formula is C13H17N3O3. The minimum atomic E-state index is -0.884. The molecule has 0 aliphatic carbocycles. The van der Waals surface area contributed by atoms with Gasteiger partial charge >= 0.3 is 12.0 Å². The lowest BCUT2D eigenvalue weighted by Crippen LogP contribution is -2.48. The zero-order valence-electron chi connectivity index (χ0n) is 10.6. The molecule has 6 heteroatoms. The molecule has 6 nitrogen and oxygen atoms in total. The highest BCUT2D eigenvalue weighted by molar-refractivity contribution is 5.89. The summed E-state index contributed by atoms with van der Waals surface area (Å²) in [6.45, 7) is 2.96. The van der Waals surface area contributed by atoms with E-state index in [4.69, 9.17) is 5.11 Å². The number of piperazine rings is 1.